The van der Waals surface area contributed by atoms with E-state index in [9.17, 15) is 4.79 Å². The zero-order valence-electron chi connectivity index (χ0n) is 13.3. The summed E-state index contributed by atoms with van der Waals surface area (Å²) in [5.74, 6) is 1.94. The molecule has 1 saturated heterocycles. The number of likely N-dealkylation sites (tertiary alicyclic amines) is 1. The largest absolute Gasteiger partial charge is 0.340 e. The number of fused-ring (bicyclic) bond motifs is 2. The molecule has 1 amide bonds. The second kappa shape index (κ2) is 7.32. The summed E-state index contributed by atoms with van der Waals surface area (Å²) in [7, 11) is 0. The first kappa shape index (κ1) is 17.1. The third-order valence-electron chi connectivity index (χ3n) is 6.10. The molecule has 21 heavy (non-hydrogen) atoms. The average Bonchev–Trinajstić information content (AvgIpc) is 2.62. The van der Waals surface area contributed by atoms with Crippen molar-refractivity contribution in [3.05, 3.63) is 0 Å². The SMILES string of the molecule is CC1CCCCCN1C(=O)C1CC2CCCC(C1)C2N.Cl. The Balaban J connectivity index is 0.00000161. The maximum atomic E-state index is 12.9. The topological polar surface area (TPSA) is 46.3 Å². The monoisotopic (exact) mass is 314 g/mol. The molecule has 0 aromatic rings. The van der Waals surface area contributed by atoms with E-state index in [0.717, 1.165) is 19.4 Å². The molecule has 1 aliphatic heterocycles. The number of rotatable bonds is 1. The molecule has 0 aromatic heterocycles. The smallest absolute Gasteiger partial charge is 0.225 e. The molecule has 122 valence electrons. The maximum Gasteiger partial charge on any atom is 0.225 e. The fourth-order valence-electron chi connectivity index (χ4n) is 4.83. The summed E-state index contributed by atoms with van der Waals surface area (Å²) in [4.78, 5) is 15.1. The van der Waals surface area contributed by atoms with Crippen molar-refractivity contribution in [2.45, 2.75) is 76.8 Å². The molecule has 4 heteroatoms. The maximum absolute atomic E-state index is 12.9. The van der Waals surface area contributed by atoms with Crippen LogP contribution in [0, 0.1) is 17.8 Å². The number of carbonyl (C=O) groups is 1. The van der Waals surface area contributed by atoms with Crippen LogP contribution in [0.4, 0.5) is 0 Å². The quantitative estimate of drug-likeness (QED) is 0.806. The summed E-state index contributed by atoms with van der Waals surface area (Å²) in [5, 5.41) is 0. The van der Waals surface area contributed by atoms with Crippen molar-refractivity contribution in [1.82, 2.24) is 4.90 Å². The number of hydrogen-bond acceptors (Lipinski definition) is 2. The van der Waals surface area contributed by atoms with Crippen LogP contribution in [0.3, 0.4) is 0 Å². The standard InChI is InChI=1S/C17H30N2O.ClH/c1-12-6-3-2-4-9-19(12)17(20)15-10-13-7-5-8-14(11-15)16(13)18;/h12-16H,2-11,18H2,1H3;1H. The minimum Gasteiger partial charge on any atom is -0.340 e. The van der Waals surface area contributed by atoms with Crippen molar-refractivity contribution in [3.8, 4) is 0 Å². The van der Waals surface area contributed by atoms with Crippen LogP contribution in [-0.2, 0) is 4.79 Å². The highest BCUT2D eigenvalue weighted by Gasteiger charge is 2.42. The van der Waals surface area contributed by atoms with Crippen LogP contribution < -0.4 is 5.73 Å². The lowest BCUT2D eigenvalue weighted by atomic mass is 9.65. The molecule has 3 rings (SSSR count). The highest BCUT2D eigenvalue weighted by Crippen LogP contribution is 2.42. The van der Waals surface area contributed by atoms with Crippen molar-refractivity contribution in [3.63, 3.8) is 0 Å². The predicted molar refractivity (Wildman–Crippen MR) is 88.4 cm³/mol. The zero-order valence-corrected chi connectivity index (χ0v) is 14.1. The number of amides is 1. The fourth-order valence-corrected chi connectivity index (χ4v) is 4.83. The van der Waals surface area contributed by atoms with Gasteiger partial charge in [-0.2, -0.15) is 0 Å². The van der Waals surface area contributed by atoms with Crippen LogP contribution in [0.2, 0.25) is 0 Å². The Kier molecular flexibility index (Phi) is 5.96. The van der Waals surface area contributed by atoms with Gasteiger partial charge in [0.25, 0.3) is 0 Å². The molecule has 1 heterocycles. The number of halogens is 1. The van der Waals surface area contributed by atoms with Crippen LogP contribution in [0.25, 0.3) is 0 Å². The van der Waals surface area contributed by atoms with E-state index in [1.54, 1.807) is 0 Å². The van der Waals surface area contributed by atoms with E-state index in [0.29, 0.717) is 29.8 Å². The van der Waals surface area contributed by atoms with Gasteiger partial charge in [0.1, 0.15) is 0 Å². The highest BCUT2D eigenvalue weighted by atomic mass is 35.5. The van der Waals surface area contributed by atoms with Gasteiger partial charge in [0.2, 0.25) is 5.91 Å². The average molecular weight is 315 g/mol. The minimum atomic E-state index is 0. The Hall–Kier alpha value is -0.280. The molecule has 0 radical (unpaired) electrons. The molecule has 2 aliphatic carbocycles. The lowest BCUT2D eigenvalue weighted by molar-refractivity contribution is -0.140. The molecule has 2 N–H and O–H groups in total. The lowest BCUT2D eigenvalue weighted by Crippen LogP contribution is -2.51. The molecule has 3 atom stereocenters. The highest BCUT2D eigenvalue weighted by molar-refractivity contribution is 5.85. The predicted octanol–water partition coefficient (Wildman–Crippen LogP) is 3.35. The van der Waals surface area contributed by atoms with Gasteiger partial charge in [0.05, 0.1) is 0 Å². The van der Waals surface area contributed by atoms with E-state index in [1.807, 2.05) is 0 Å². The normalized spacial score (nSPS) is 40.1. The summed E-state index contributed by atoms with van der Waals surface area (Å²) in [6, 6.07) is 0.815. The molecule has 3 fully saturated rings. The number of carbonyl (C=O) groups excluding carboxylic acids is 1. The summed E-state index contributed by atoms with van der Waals surface area (Å²) in [5.41, 5.74) is 6.35. The van der Waals surface area contributed by atoms with Gasteiger partial charge in [0, 0.05) is 24.5 Å². The van der Waals surface area contributed by atoms with Crippen LogP contribution in [-0.4, -0.2) is 29.4 Å². The molecule has 3 unspecified atom stereocenters. The molecule has 3 aliphatic rings. The first-order valence-corrected chi connectivity index (χ1v) is 8.73. The Morgan fingerprint density at radius 2 is 1.67 bits per heavy atom. The van der Waals surface area contributed by atoms with Crippen molar-refractivity contribution in [1.29, 1.82) is 0 Å². The first-order chi connectivity index (χ1) is 9.66. The second-order valence-electron chi connectivity index (χ2n) is 7.43. The van der Waals surface area contributed by atoms with E-state index in [1.165, 1.54) is 44.9 Å². The van der Waals surface area contributed by atoms with E-state index in [4.69, 9.17) is 5.73 Å². The van der Waals surface area contributed by atoms with Crippen molar-refractivity contribution < 1.29 is 4.79 Å². The third kappa shape index (κ3) is 3.56. The first-order valence-electron chi connectivity index (χ1n) is 8.73. The van der Waals surface area contributed by atoms with Gasteiger partial charge in [-0.05, 0) is 57.3 Å². The third-order valence-corrected chi connectivity index (χ3v) is 6.10. The second-order valence-corrected chi connectivity index (χ2v) is 7.43. The van der Waals surface area contributed by atoms with Crippen LogP contribution in [0.15, 0.2) is 0 Å². The lowest BCUT2D eigenvalue weighted by Gasteiger charge is -2.45. The summed E-state index contributed by atoms with van der Waals surface area (Å²) < 4.78 is 0. The van der Waals surface area contributed by atoms with E-state index in [-0.39, 0.29) is 18.3 Å². The van der Waals surface area contributed by atoms with Gasteiger partial charge in [-0.1, -0.05) is 19.3 Å². The molecule has 2 saturated carbocycles. The Bertz CT molecular complexity index is 349. The van der Waals surface area contributed by atoms with Gasteiger partial charge in [-0.25, -0.2) is 0 Å². The van der Waals surface area contributed by atoms with E-state index < -0.39 is 0 Å². The Labute approximate surface area is 135 Å². The molecule has 2 bridgehead atoms. The van der Waals surface area contributed by atoms with Gasteiger partial charge >= 0.3 is 0 Å². The molecule has 0 aromatic carbocycles. The minimum absolute atomic E-state index is 0. The molecular formula is C17H31ClN2O. The van der Waals surface area contributed by atoms with Crippen LogP contribution >= 0.6 is 12.4 Å². The zero-order chi connectivity index (χ0) is 14.1. The van der Waals surface area contributed by atoms with Gasteiger partial charge in [-0.15, -0.1) is 12.4 Å². The van der Waals surface area contributed by atoms with Crippen molar-refractivity contribution in [2.75, 3.05) is 6.54 Å². The van der Waals surface area contributed by atoms with Gasteiger partial charge in [0.15, 0.2) is 0 Å². The van der Waals surface area contributed by atoms with Gasteiger partial charge in [-0.3, -0.25) is 4.79 Å². The molecule has 3 nitrogen and oxygen atoms in total. The number of hydrogen-bond donors (Lipinski definition) is 1. The van der Waals surface area contributed by atoms with E-state index in [2.05, 4.69) is 11.8 Å². The van der Waals surface area contributed by atoms with E-state index >= 15 is 0 Å². The number of nitrogens with zero attached hydrogens (tertiary/aromatic N) is 1. The fraction of sp³-hybridized carbons (Fsp3) is 0.941. The number of nitrogens with two attached hydrogens (primary N) is 1. The molecular weight excluding hydrogens is 284 g/mol. The van der Waals surface area contributed by atoms with Crippen molar-refractivity contribution >= 4 is 18.3 Å². The van der Waals surface area contributed by atoms with Crippen molar-refractivity contribution in [2.24, 2.45) is 23.5 Å². The summed E-state index contributed by atoms with van der Waals surface area (Å²) >= 11 is 0. The Morgan fingerprint density at radius 1 is 1.00 bits per heavy atom. The van der Waals surface area contributed by atoms with Crippen LogP contribution in [0.1, 0.15) is 64.7 Å². The molecule has 0 spiro atoms. The summed E-state index contributed by atoms with van der Waals surface area (Å²) in [6.45, 7) is 3.22. The Morgan fingerprint density at radius 3 is 2.33 bits per heavy atom. The van der Waals surface area contributed by atoms with Gasteiger partial charge < -0.3 is 10.6 Å². The van der Waals surface area contributed by atoms with Crippen LogP contribution in [0.5, 0.6) is 0 Å². The summed E-state index contributed by atoms with van der Waals surface area (Å²) in [6.07, 6.45) is 10.9.